The van der Waals surface area contributed by atoms with Gasteiger partial charge >= 0.3 is 0 Å². The van der Waals surface area contributed by atoms with Crippen LogP contribution in [-0.2, 0) is 4.79 Å². The van der Waals surface area contributed by atoms with Gasteiger partial charge in [0.1, 0.15) is 0 Å². The van der Waals surface area contributed by atoms with E-state index in [0.717, 1.165) is 51.4 Å². The smallest absolute Gasteiger partial charge is 0.220 e. The fraction of sp³-hybridized carbons (Fsp3) is 0.718. The maximum atomic E-state index is 12.2. The van der Waals surface area contributed by atoms with Crippen molar-refractivity contribution in [2.45, 2.75) is 174 Å². The van der Waals surface area contributed by atoms with E-state index in [1.165, 1.54) is 89.9 Å². The molecule has 0 aromatic heterocycles. The van der Waals surface area contributed by atoms with E-state index in [-0.39, 0.29) is 12.5 Å². The van der Waals surface area contributed by atoms with Crippen LogP contribution < -0.4 is 5.32 Å². The molecular formula is C39H69NO3. The molecule has 4 nitrogen and oxygen atoms in total. The maximum absolute atomic E-state index is 12.2. The normalized spacial score (nSPS) is 13.9. The van der Waals surface area contributed by atoms with E-state index >= 15 is 0 Å². The summed E-state index contributed by atoms with van der Waals surface area (Å²) in [6.07, 6.45) is 47.6. The Labute approximate surface area is 266 Å². The highest BCUT2D eigenvalue weighted by molar-refractivity contribution is 5.76. The molecule has 0 aliphatic rings. The van der Waals surface area contributed by atoms with E-state index in [4.69, 9.17) is 0 Å². The molecule has 2 unspecified atom stereocenters. The van der Waals surface area contributed by atoms with E-state index in [2.05, 4.69) is 67.8 Å². The zero-order chi connectivity index (χ0) is 31.5. The van der Waals surface area contributed by atoms with Crippen LogP contribution in [0.25, 0.3) is 0 Å². The molecule has 4 heteroatoms. The topological polar surface area (TPSA) is 69.6 Å². The molecule has 0 aliphatic carbocycles. The van der Waals surface area contributed by atoms with Crippen molar-refractivity contribution >= 4 is 5.91 Å². The van der Waals surface area contributed by atoms with E-state index in [1.807, 2.05) is 6.08 Å². The van der Waals surface area contributed by atoms with E-state index in [1.54, 1.807) is 6.08 Å². The van der Waals surface area contributed by atoms with Crippen molar-refractivity contribution in [1.82, 2.24) is 5.32 Å². The molecule has 0 aromatic rings. The predicted octanol–water partition coefficient (Wildman–Crippen LogP) is 10.6. The Morgan fingerprint density at radius 2 is 1.02 bits per heavy atom. The van der Waals surface area contributed by atoms with Gasteiger partial charge in [-0.3, -0.25) is 4.79 Å². The molecule has 0 bridgehead atoms. The molecule has 43 heavy (non-hydrogen) atoms. The van der Waals surface area contributed by atoms with Crippen LogP contribution in [0.15, 0.2) is 60.8 Å². The van der Waals surface area contributed by atoms with Crippen molar-refractivity contribution in [2.75, 3.05) is 6.61 Å². The van der Waals surface area contributed by atoms with Gasteiger partial charge in [0.15, 0.2) is 0 Å². The molecule has 248 valence electrons. The summed E-state index contributed by atoms with van der Waals surface area (Å²) in [6.45, 7) is 4.10. The monoisotopic (exact) mass is 600 g/mol. The summed E-state index contributed by atoms with van der Waals surface area (Å²) >= 11 is 0. The highest BCUT2D eigenvalue weighted by Crippen LogP contribution is 2.13. The van der Waals surface area contributed by atoms with Crippen LogP contribution in [0.2, 0.25) is 0 Å². The molecule has 0 aromatic carbocycles. The van der Waals surface area contributed by atoms with Gasteiger partial charge in [-0.1, -0.05) is 158 Å². The van der Waals surface area contributed by atoms with Gasteiger partial charge in [0, 0.05) is 6.42 Å². The van der Waals surface area contributed by atoms with Gasteiger partial charge in [0.05, 0.1) is 18.8 Å². The predicted molar refractivity (Wildman–Crippen MR) is 188 cm³/mol. The van der Waals surface area contributed by atoms with Crippen molar-refractivity contribution in [3.8, 4) is 0 Å². The molecule has 0 saturated carbocycles. The summed E-state index contributed by atoms with van der Waals surface area (Å²) in [5, 5.41) is 22.6. The SMILES string of the molecule is CC/C=C\C/C=C\C/C=C\C/C=C\CCCCCCCCCCCCCCC(=O)NC(CO)C(O)/C=C/CCCCCC. The minimum atomic E-state index is -0.837. The lowest BCUT2D eigenvalue weighted by Gasteiger charge is -2.20. The number of aliphatic hydroxyl groups excluding tert-OH is 2. The summed E-state index contributed by atoms with van der Waals surface area (Å²) < 4.78 is 0. The first kappa shape index (κ1) is 41.1. The Hall–Kier alpha value is -1.91. The number of carbonyl (C=O) groups is 1. The Morgan fingerprint density at radius 1 is 0.581 bits per heavy atom. The summed E-state index contributed by atoms with van der Waals surface area (Å²) in [5.41, 5.74) is 0. The highest BCUT2D eigenvalue weighted by Gasteiger charge is 2.17. The molecular weight excluding hydrogens is 530 g/mol. The highest BCUT2D eigenvalue weighted by atomic mass is 16.3. The van der Waals surface area contributed by atoms with E-state index < -0.39 is 12.1 Å². The lowest BCUT2D eigenvalue weighted by molar-refractivity contribution is -0.123. The van der Waals surface area contributed by atoms with Gasteiger partial charge in [0.25, 0.3) is 0 Å². The zero-order valence-corrected chi connectivity index (χ0v) is 28.2. The van der Waals surface area contributed by atoms with Gasteiger partial charge in [-0.05, 0) is 57.8 Å². The van der Waals surface area contributed by atoms with Crippen LogP contribution in [0.5, 0.6) is 0 Å². The maximum Gasteiger partial charge on any atom is 0.220 e. The van der Waals surface area contributed by atoms with E-state index in [9.17, 15) is 15.0 Å². The van der Waals surface area contributed by atoms with Crippen LogP contribution in [0.4, 0.5) is 0 Å². The minimum absolute atomic E-state index is 0.0760. The van der Waals surface area contributed by atoms with Crippen molar-refractivity contribution in [3.05, 3.63) is 60.8 Å². The van der Waals surface area contributed by atoms with Crippen LogP contribution in [-0.4, -0.2) is 34.9 Å². The molecule has 0 aliphatic heterocycles. The average molecular weight is 600 g/mol. The second-order valence-electron chi connectivity index (χ2n) is 11.9. The molecule has 3 N–H and O–H groups in total. The van der Waals surface area contributed by atoms with Gasteiger partial charge in [-0.2, -0.15) is 0 Å². The number of nitrogens with one attached hydrogen (secondary N) is 1. The molecule has 0 radical (unpaired) electrons. The third kappa shape index (κ3) is 31.3. The standard InChI is InChI=1S/C39H69NO3/c1-3-5-7-9-11-12-13-14-15-16-17-18-19-20-21-22-23-24-25-26-27-28-29-31-33-35-39(43)40-37(36-41)38(42)34-32-30-10-8-6-4-2/h5,7,11-12,14-15,17-18,32,34,37-38,41-42H,3-4,6,8-10,13,16,19-31,33,35-36H2,1-2H3,(H,40,43)/b7-5-,12-11-,15-14-,18-17-,34-32+. The second-order valence-corrected chi connectivity index (χ2v) is 11.9. The number of hydrogen-bond donors (Lipinski definition) is 3. The average Bonchev–Trinajstić information content (AvgIpc) is 3.01. The van der Waals surface area contributed by atoms with Gasteiger partial charge in [-0.25, -0.2) is 0 Å². The molecule has 0 spiro atoms. The number of carbonyl (C=O) groups excluding carboxylic acids is 1. The first-order chi connectivity index (χ1) is 21.2. The number of allylic oxidation sites excluding steroid dienone is 9. The molecule has 2 atom stereocenters. The Balaban J connectivity index is 3.52. The number of unbranched alkanes of at least 4 members (excludes halogenated alkanes) is 16. The van der Waals surface area contributed by atoms with Crippen LogP contribution in [0.1, 0.15) is 162 Å². The van der Waals surface area contributed by atoms with E-state index in [0.29, 0.717) is 6.42 Å². The first-order valence-electron chi connectivity index (χ1n) is 18.0. The molecule has 0 fully saturated rings. The van der Waals surface area contributed by atoms with Crippen molar-refractivity contribution in [3.63, 3.8) is 0 Å². The lowest BCUT2D eigenvalue weighted by atomic mass is 10.0. The van der Waals surface area contributed by atoms with Crippen molar-refractivity contribution in [2.24, 2.45) is 0 Å². The fourth-order valence-electron chi connectivity index (χ4n) is 4.99. The van der Waals surface area contributed by atoms with Gasteiger partial charge < -0.3 is 15.5 Å². The first-order valence-corrected chi connectivity index (χ1v) is 18.0. The summed E-state index contributed by atoms with van der Waals surface area (Å²) in [4.78, 5) is 12.2. The molecule has 0 heterocycles. The lowest BCUT2D eigenvalue weighted by Crippen LogP contribution is -2.45. The van der Waals surface area contributed by atoms with Crippen LogP contribution in [0.3, 0.4) is 0 Å². The van der Waals surface area contributed by atoms with Crippen LogP contribution in [0, 0.1) is 0 Å². The minimum Gasteiger partial charge on any atom is -0.394 e. The largest absolute Gasteiger partial charge is 0.394 e. The van der Waals surface area contributed by atoms with Crippen LogP contribution >= 0.6 is 0 Å². The molecule has 1 amide bonds. The second kappa shape index (κ2) is 34.6. The Morgan fingerprint density at radius 3 is 1.53 bits per heavy atom. The number of hydrogen-bond acceptors (Lipinski definition) is 3. The molecule has 0 saturated heterocycles. The Kier molecular flexibility index (Phi) is 33.0. The number of aliphatic hydroxyl groups is 2. The number of amides is 1. The third-order valence-electron chi connectivity index (χ3n) is 7.76. The van der Waals surface area contributed by atoms with Gasteiger partial charge in [-0.15, -0.1) is 0 Å². The fourth-order valence-corrected chi connectivity index (χ4v) is 4.99. The van der Waals surface area contributed by atoms with Gasteiger partial charge in [0.2, 0.25) is 5.91 Å². The van der Waals surface area contributed by atoms with Crippen molar-refractivity contribution < 1.29 is 15.0 Å². The summed E-state index contributed by atoms with van der Waals surface area (Å²) in [6, 6.07) is -0.620. The van der Waals surface area contributed by atoms with Crippen molar-refractivity contribution in [1.29, 1.82) is 0 Å². The molecule has 0 rings (SSSR count). The zero-order valence-electron chi connectivity index (χ0n) is 28.2. The third-order valence-corrected chi connectivity index (χ3v) is 7.76. The quantitative estimate of drug-likeness (QED) is 0.0548. The number of rotatable bonds is 31. The summed E-state index contributed by atoms with van der Waals surface area (Å²) in [7, 11) is 0. The Bertz CT molecular complexity index is 737. The summed E-state index contributed by atoms with van der Waals surface area (Å²) in [5.74, 6) is -0.0760.